The van der Waals surface area contributed by atoms with Gasteiger partial charge in [0.1, 0.15) is 11.3 Å². The molecule has 10 heteroatoms. The van der Waals surface area contributed by atoms with E-state index in [2.05, 4.69) is 4.98 Å². The number of hydrogen-bond acceptors (Lipinski definition) is 7. The summed E-state index contributed by atoms with van der Waals surface area (Å²) >= 11 is 7.24. The smallest absolute Gasteiger partial charge is 0.229 e. The van der Waals surface area contributed by atoms with E-state index in [1.165, 1.54) is 35.6 Å². The Morgan fingerprint density at radius 3 is 2.50 bits per heavy atom. The minimum Gasteiger partial charge on any atom is -0.492 e. The minimum atomic E-state index is -3.61. The first kappa shape index (κ1) is 24.4. The van der Waals surface area contributed by atoms with Crippen LogP contribution in [0.1, 0.15) is 13.3 Å². The predicted octanol–water partition coefficient (Wildman–Crippen LogP) is 4.11. The molecule has 0 aliphatic heterocycles. The molecule has 0 saturated carbocycles. The van der Waals surface area contributed by atoms with E-state index in [-0.39, 0.29) is 23.0 Å². The van der Waals surface area contributed by atoms with Gasteiger partial charge in [0.05, 0.1) is 22.0 Å². The first-order valence-electron chi connectivity index (χ1n) is 10.2. The van der Waals surface area contributed by atoms with Gasteiger partial charge in [-0.3, -0.25) is 9.69 Å². The lowest BCUT2D eigenvalue weighted by Crippen LogP contribution is -2.37. The van der Waals surface area contributed by atoms with Gasteiger partial charge in [-0.05, 0) is 57.4 Å². The van der Waals surface area contributed by atoms with Crippen LogP contribution in [0, 0.1) is 0 Å². The van der Waals surface area contributed by atoms with Crippen molar-refractivity contribution in [2.75, 3.05) is 44.4 Å². The number of anilines is 1. The number of rotatable bonds is 10. The second-order valence-electron chi connectivity index (χ2n) is 7.40. The maximum Gasteiger partial charge on any atom is 0.229 e. The molecular formula is C22H26ClN3O4S2. The fourth-order valence-electron chi connectivity index (χ4n) is 3.04. The average molecular weight is 496 g/mol. The van der Waals surface area contributed by atoms with Crippen LogP contribution in [0.2, 0.25) is 5.02 Å². The summed E-state index contributed by atoms with van der Waals surface area (Å²) in [5.74, 6) is 0.0836. The van der Waals surface area contributed by atoms with E-state index in [0.29, 0.717) is 41.1 Å². The van der Waals surface area contributed by atoms with E-state index in [1.807, 2.05) is 44.1 Å². The lowest BCUT2D eigenvalue weighted by molar-refractivity contribution is -0.118. The molecule has 0 bridgehead atoms. The Morgan fingerprint density at radius 2 is 1.84 bits per heavy atom. The fourth-order valence-corrected chi connectivity index (χ4v) is 5.42. The Bertz CT molecular complexity index is 1180. The van der Waals surface area contributed by atoms with Gasteiger partial charge < -0.3 is 9.64 Å². The summed E-state index contributed by atoms with van der Waals surface area (Å²) in [5.41, 5.74) is 0.700. The number of halogens is 1. The molecule has 0 N–H and O–H groups in total. The van der Waals surface area contributed by atoms with Crippen LogP contribution < -0.4 is 9.64 Å². The van der Waals surface area contributed by atoms with Crippen LogP contribution in [0.25, 0.3) is 10.2 Å². The summed E-state index contributed by atoms with van der Waals surface area (Å²) in [6.07, 6.45) is -0.146. The molecule has 7 nitrogen and oxygen atoms in total. The Morgan fingerprint density at radius 1 is 1.12 bits per heavy atom. The number of aromatic nitrogens is 1. The molecule has 0 fully saturated rings. The van der Waals surface area contributed by atoms with E-state index in [1.54, 1.807) is 4.90 Å². The van der Waals surface area contributed by atoms with Gasteiger partial charge >= 0.3 is 0 Å². The van der Waals surface area contributed by atoms with E-state index in [0.717, 1.165) is 4.70 Å². The van der Waals surface area contributed by atoms with E-state index < -0.39 is 9.84 Å². The van der Waals surface area contributed by atoms with Crippen molar-refractivity contribution in [1.29, 1.82) is 0 Å². The number of para-hydroxylation sites is 1. The molecule has 0 spiro atoms. The Labute approximate surface area is 197 Å². The van der Waals surface area contributed by atoms with Crippen LogP contribution in [-0.4, -0.2) is 63.8 Å². The highest BCUT2D eigenvalue weighted by Crippen LogP contribution is 2.34. The maximum absolute atomic E-state index is 13.1. The monoisotopic (exact) mass is 495 g/mol. The zero-order valence-electron chi connectivity index (χ0n) is 18.2. The number of carbonyl (C=O) groups excluding carboxylic acids is 1. The number of amides is 1. The zero-order chi connectivity index (χ0) is 23.3. The quantitative estimate of drug-likeness (QED) is 0.421. The largest absolute Gasteiger partial charge is 0.492 e. The number of likely N-dealkylation sites (N-methyl/N-ethyl adjacent to an activating group) is 1. The highest BCUT2D eigenvalue weighted by molar-refractivity contribution is 7.91. The maximum atomic E-state index is 13.1. The second kappa shape index (κ2) is 10.6. The molecule has 172 valence electrons. The van der Waals surface area contributed by atoms with E-state index >= 15 is 0 Å². The highest BCUT2D eigenvalue weighted by atomic mass is 35.5. The number of carbonyl (C=O) groups is 1. The van der Waals surface area contributed by atoms with Crippen molar-refractivity contribution in [3.8, 4) is 5.75 Å². The van der Waals surface area contributed by atoms with E-state index in [9.17, 15) is 13.2 Å². The molecule has 0 aliphatic rings. The molecule has 0 saturated heterocycles. The Kier molecular flexibility index (Phi) is 8.10. The topological polar surface area (TPSA) is 79.8 Å². The van der Waals surface area contributed by atoms with Gasteiger partial charge in [0.25, 0.3) is 0 Å². The Balaban J connectivity index is 1.83. The van der Waals surface area contributed by atoms with Crippen molar-refractivity contribution in [2.24, 2.45) is 0 Å². The van der Waals surface area contributed by atoms with E-state index in [4.69, 9.17) is 16.3 Å². The lowest BCUT2D eigenvalue weighted by atomic mass is 10.3. The SMILES string of the molecule is CCOc1cccc2sc(N(CCN(C)C)C(=O)CCS(=O)(=O)c3ccc(Cl)cc3)nc12. The van der Waals surface area contributed by atoms with Crippen molar-refractivity contribution >= 4 is 54.0 Å². The average Bonchev–Trinajstić information content (AvgIpc) is 3.18. The highest BCUT2D eigenvalue weighted by Gasteiger charge is 2.24. The third kappa shape index (κ3) is 5.98. The molecule has 0 atom stereocenters. The number of thiazole rings is 1. The van der Waals surface area contributed by atoms with Crippen molar-refractivity contribution in [3.63, 3.8) is 0 Å². The summed E-state index contributed by atoms with van der Waals surface area (Å²) in [4.78, 5) is 21.5. The normalized spacial score (nSPS) is 11.8. The first-order chi connectivity index (χ1) is 15.2. The van der Waals surface area contributed by atoms with Gasteiger partial charge in [-0.2, -0.15) is 0 Å². The number of fused-ring (bicyclic) bond motifs is 1. The third-order valence-corrected chi connectivity index (χ3v) is 7.76. The van der Waals surface area contributed by atoms with Crippen LogP contribution >= 0.6 is 22.9 Å². The number of ether oxygens (including phenoxy) is 1. The molecule has 3 aromatic rings. The van der Waals surface area contributed by atoms with Crippen LogP contribution in [0.4, 0.5) is 5.13 Å². The van der Waals surface area contributed by atoms with Crippen LogP contribution in [-0.2, 0) is 14.6 Å². The summed E-state index contributed by atoms with van der Waals surface area (Å²) in [5, 5.41) is 0.986. The van der Waals surface area contributed by atoms with Gasteiger partial charge in [-0.15, -0.1) is 0 Å². The second-order valence-corrected chi connectivity index (χ2v) is 11.0. The lowest BCUT2D eigenvalue weighted by Gasteiger charge is -2.22. The van der Waals surface area contributed by atoms with Gasteiger partial charge in [0, 0.05) is 24.5 Å². The number of hydrogen-bond donors (Lipinski definition) is 0. The molecule has 0 unspecified atom stereocenters. The number of nitrogens with zero attached hydrogens (tertiary/aromatic N) is 3. The summed E-state index contributed by atoms with van der Waals surface area (Å²) in [6.45, 7) is 3.43. The molecule has 0 radical (unpaired) electrons. The predicted molar refractivity (Wildman–Crippen MR) is 130 cm³/mol. The van der Waals surface area contributed by atoms with Gasteiger partial charge in [0.15, 0.2) is 15.0 Å². The number of benzene rings is 2. The summed E-state index contributed by atoms with van der Waals surface area (Å²) < 4.78 is 31.9. The third-order valence-electron chi connectivity index (χ3n) is 4.73. The van der Waals surface area contributed by atoms with Crippen molar-refractivity contribution in [2.45, 2.75) is 18.2 Å². The van der Waals surface area contributed by atoms with Crippen molar-refractivity contribution in [3.05, 3.63) is 47.5 Å². The minimum absolute atomic E-state index is 0.146. The van der Waals surface area contributed by atoms with Gasteiger partial charge in [0.2, 0.25) is 5.91 Å². The number of sulfone groups is 1. The molecule has 0 aliphatic carbocycles. The summed E-state index contributed by atoms with van der Waals surface area (Å²) in [7, 11) is 0.220. The molecule has 1 heterocycles. The van der Waals surface area contributed by atoms with Crippen LogP contribution in [0.3, 0.4) is 0 Å². The first-order valence-corrected chi connectivity index (χ1v) is 13.0. The molecular weight excluding hydrogens is 470 g/mol. The van der Waals surface area contributed by atoms with Crippen LogP contribution in [0.5, 0.6) is 5.75 Å². The standard InChI is InChI=1S/C22H26ClN3O4S2/c1-4-30-18-6-5-7-19-21(18)24-22(31-19)26(14-13-25(2)3)20(27)12-15-32(28,29)17-10-8-16(23)9-11-17/h5-11H,4,12-15H2,1-3H3. The van der Waals surface area contributed by atoms with Gasteiger partial charge in [-0.1, -0.05) is 29.0 Å². The van der Waals surface area contributed by atoms with Crippen LogP contribution in [0.15, 0.2) is 47.4 Å². The van der Waals surface area contributed by atoms with Crippen molar-refractivity contribution in [1.82, 2.24) is 9.88 Å². The molecule has 3 rings (SSSR count). The Hall–Kier alpha value is -2.20. The molecule has 2 aromatic carbocycles. The zero-order valence-corrected chi connectivity index (χ0v) is 20.6. The van der Waals surface area contributed by atoms with Gasteiger partial charge in [-0.25, -0.2) is 13.4 Å². The fraction of sp³-hybridized carbons (Fsp3) is 0.364. The molecule has 1 aromatic heterocycles. The van der Waals surface area contributed by atoms with Crippen molar-refractivity contribution < 1.29 is 17.9 Å². The molecule has 32 heavy (non-hydrogen) atoms. The molecule has 1 amide bonds. The summed E-state index contributed by atoms with van der Waals surface area (Å²) in [6, 6.07) is 11.6.